The van der Waals surface area contributed by atoms with Crippen LogP contribution in [0.2, 0.25) is 0 Å². The number of hydrogen-bond acceptors (Lipinski definition) is 6. The van der Waals surface area contributed by atoms with Crippen molar-refractivity contribution >= 4 is 33.0 Å². The van der Waals surface area contributed by atoms with Gasteiger partial charge >= 0.3 is 0 Å². The van der Waals surface area contributed by atoms with Gasteiger partial charge in [-0.1, -0.05) is 17.7 Å². The van der Waals surface area contributed by atoms with Crippen molar-refractivity contribution in [1.82, 2.24) is 5.48 Å². The third-order valence-corrected chi connectivity index (χ3v) is 5.36. The Morgan fingerprint density at radius 1 is 0.828 bits per heavy atom. The molecule has 0 saturated carbocycles. The van der Waals surface area contributed by atoms with Crippen molar-refractivity contribution in [2.45, 2.75) is 11.8 Å². The van der Waals surface area contributed by atoms with Gasteiger partial charge in [-0.05, 0) is 67.6 Å². The fourth-order valence-corrected chi connectivity index (χ4v) is 3.45. The van der Waals surface area contributed by atoms with Crippen LogP contribution in [0.5, 0.6) is 0 Å². The minimum atomic E-state index is -3.81. The lowest BCUT2D eigenvalue weighted by molar-refractivity contribution is 0.0706. The second-order valence-corrected chi connectivity index (χ2v) is 7.84. The van der Waals surface area contributed by atoms with Gasteiger partial charge in [0.1, 0.15) is 0 Å². The number of anilines is 1. The molecule has 0 saturated heterocycles. The molecule has 3 N–H and O–H groups in total. The van der Waals surface area contributed by atoms with Crippen molar-refractivity contribution in [2.75, 3.05) is 4.72 Å². The molecule has 0 unspecified atom stereocenters. The van der Waals surface area contributed by atoms with Gasteiger partial charge in [-0.3, -0.25) is 14.7 Å². The van der Waals surface area contributed by atoms with Gasteiger partial charge in [-0.15, -0.1) is 0 Å². The fourth-order valence-electron chi connectivity index (χ4n) is 2.39. The van der Waals surface area contributed by atoms with Crippen LogP contribution < -0.4 is 10.2 Å². The largest absolute Gasteiger partial charge is 0.288 e. The van der Waals surface area contributed by atoms with Gasteiger partial charge in [0, 0.05) is 11.3 Å². The molecule has 29 heavy (non-hydrogen) atoms. The van der Waals surface area contributed by atoms with Crippen LogP contribution in [0.15, 0.2) is 87.9 Å². The molecule has 0 spiro atoms. The molecule has 0 heterocycles. The van der Waals surface area contributed by atoms with E-state index in [4.69, 9.17) is 5.21 Å². The number of carbonyl (C=O) groups excluding carboxylic acids is 1. The molecule has 3 aromatic rings. The Labute approximate surface area is 167 Å². The number of nitrogens with zero attached hydrogens (tertiary/aromatic N) is 2. The number of rotatable bonds is 6. The van der Waals surface area contributed by atoms with Crippen LogP contribution in [-0.2, 0) is 10.0 Å². The van der Waals surface area contributed by atoms with E-state index in [1.54, 1.807) is 12.1 Å². The smallest absolute Gasteiger partial charge is 0.274 e. The molecule has 0 bridgehead atoms. The molecule has 148 valence electrons. The van der Waals surface area contributed by atoms with E-state index in [2.05, 4.69) is 15.0 Å². The summed E-state index contributed by atoms with van der Waals surface area (Å²) in [6, 6.07) is 19.1. The maximum Gasteiger partial charge on any atom is 0.274 e. The molecular weight excluding hydrogens is 392 g/mol. The highest BCUT2D eigenvalue weighted by molar-refractivity contribution is 7.92. The average Bonchev–Trinajstić information content (AvgIpc) is 2.73. The first-order chi connectivity index (χ1) is 13.9. The zero-order valence-corrected chi connectivity index (χ0v) is 16.2. The van der Waals surface area contributed by atoms with Crippen molar-refractivity contribution in [2.24, 2.45) is 10.2 Å². The van der Waals surface area contributed by atoms with E-state index in [-0.39, 0.29) is 16.1 Å². The van der Waals surface area contributed by atoms with Crippen LogP contribution in [0.3, 0.4) is 0 Å². The molecule has 0 aliphatic carbocycles. The summed E-state index contributed by atoms with van der Waals surface area (Å²) in [5.74, 6) is -0.685. The van der Waals surface area contributed by atoms with Crippen LogP contribution in [-0.4, -0.2) is 19.5 Å². The monoisotopic (exact) mass is 410 g/mol. The summed E-state index contributed by atoms with van der Waals surface area (Å²) in [5.41, 5.74) is 4.32. The lowest BCUT2D eigenvalue weighted by Crippen LogP contribution is -2.18. The number of nitrogens with one attached hydrogen (secondary N) is 2. The standard InChI is InChI=1S/C20H18N4O4S/c1-14-2-6-16(7-3-14)21-22-17-10-12-19(13-11-17)29(27,28)24-18-8-4-15(5-9-18)20(25)23-26/h2-13,24,26H,1H3,(H,23,25). The maximum absolute atomic E-state index is 12.5. The topological polar surface area (TPSA) is 120 Å². The van der Waals surface area contributed by atoms with E-state index in [1.807, 2.05) is 31.2 Å². The first-order valence-electron chi connectivity index (χ1n) is 8.53. The van der Waals surface area contributed by atoms with Gasteiger partial charge in [-0.25, -0.2) is 13.9 Å². The number of sulfonamides is 1. The molecule has 1 amide bonds. The lowest BCUT2D eigenvalue weighted by atomic mass is 10.2. The number of carbonyl (C=O) groups is 1. The second kappa shape index (κ2) is 8.63. The molecule has 9 heteroatoms. The molecule has 0 aromatic heterocycles. The Kier molecular flexibility index (Phi) is 6.01. The summed E-state index contributed by atoms with van der Waals surface area (Å²) in [7, 11) is -3.81. The quantitative estimate of drug-likeness (QED) is 0.318. The predicted molar refractivity (Wildman–Crippen MR) is 108 cm³/mol. The Balaban J connectivity index is 1.70. The summed E-state index contributed by atoms with van der Waals surface area (Å²) >= 11 is 0. The molecule has 3 rings (SSSR count). The zero-order chi connectivity index (χ0) is 20.9. The van der Waals surface area contributed by atoms with Crippen molar-refractivity contribution in [1.29, 1.82) is 0 Å². The average molecular weight is 410 g/mol. The van der Waals surface area contributed by atoms with Crippen molar-refractivity contribution < 1.29 is 18.4 Å². The van der Waals surface area contributed by atoms with Crippen LogP contribution in [0.4, 0.5) is 17.1 Å². The van der Waals surface area contributed by atoms with Crippen molar-refractivity contribution in [3.8, 4) is 0 Å². The van der Waals surface area contributed by atoms with Crippen LogP contribution in [0.1, 0.15) is 15.9 Å². The summed E-state index contributed by atoms with van der Waals surface area (Å²) in [5, 5.41) is 16.8. The Hall–Kier alpha value is -3.56. The summed E-state index contributed by atoms with van der Waals surface area (Å²) < 4.78 is 27.5. The third-order valence-electron chi connectivity index (χ3n) is 3.96. The number of hydrogen-bond donors (Lipinski definition) is 3. The van der Waals surface area contributed by atoms with Gasteiger partial charge in [0.05, 0.1) is 16.3 Å². The Morgan fingerprint density at radius 2 is 1.34 bits per heavy atom. The number of benzene rings is 3. The number of amides is 1. The summed E-state index contributed by atoms with van der Waals surface area (Å²) in [6.07, 6.45) is 0. The van der Waals surface area contributed by atoms with Gasteiger partial charge in [0.25, 0.3) is 15.9 Å². The minimum absolute atomic E-state index is 0.0592. The third kappa shape index (κ3) is 5.24. The molecule has 0 radical (unpaired) electrons. The molecular formula is C20H18N4O4S. The molecule has 8 nitrogen and oxygen atoms in total. The van der Waals surface area contributed by atoms with Crippen molar-refractivity contribution in [3.05, 3.63) is 83.9 Å². The SMILES string of the molecule is Cc1ccc(N=Nc2ccc(S(=O)(=O)Nc3ccc(C(=O)NO)cc3)cc2)cc1. The number of hydroxylamine groups is 1. The van der Waals surface area contributed by atoms with E-state index in [9.17, 15) is 13.2 Å². The van der Waals surface area contributed by atoms with E-state index in [1.165, 1.54) is 41.9 Å². The summed E-state index contributed by atoms with van der Waals surface area (Å²) in [4.78, 5) is 11.4. The highest BCUT2D eigenvalue weighted by Gasteiger charge is 2.14. The Bertz CT molecular complexity index is 1120. The van der Waals surface area contributed by atoms with E-state index in [0.29, 0.717) is 11.4 Å². The van der Waals surface area contributed by atoms with Crippen LogP contribution in [0, 0.1) is 6.92 Å². The van der Waals surface area contributed by atoms with Gasteiger partial charge in [0.15, 0.2) is 0 Å². The number of azo groups is 1. The van der Waals surface area contributed by atoms with Gasteiger partial charge < -0.3 is 0 Å². The molecule has 0 fully saturated rings. The highest BCUT2D eigenvalue weighted by Crippen LogP contribution is 2.22. The zero-order valence-electron chi connectivity index (χ0n) is 15.4. The minimum Gasteiger partial charge on any atom is -0.288 e. The Morgan fingerprint density at radius 3 is 1.86 bits per heavy atom. The molecule has 0 aliphatic heterocycles. The summed E-state index contributed by atoms with van der Waals surface area (Å²) in [6.45, 7) is 1.98. The first kappa shape index (κ1) is 20.2. The highest BCUT2D eigenvalue weighted by atomic mass is 32.2. The van der Waals surface area contributed by atoms with Crippen LogP contribution in [0.25, 0.3) is 0 Å². The normalized spacial score (nSPS) is 11.4. The van der Waals surface area contributed by atoms with Gasteiger partial charge in [-0.2, -0.15) is 10.2 Å². The predicted octanol–water partition coefficient (Wildman–Crippen LogP) is 4.33. The maximum atomic E-state index is 12.5. The molecule has 0 atom stereocenters. The molecule has 3 aromatic carbocycles. The van der Waals surface area contributed by atoms with Gasteiger partial charge in [0.2, 0.25) is 0 Å². The van der Waals surface area contributed by atoms with E-state index < -0.39 is 15.9 Å². The first-order valence-corrected chi connectivity index (χ1v) is 10.0. The van der Waals surface area contributed by atoms with Crippen LogP contribution >= 0.6 is 0 Å². The van der Waals surface area contributed by atoms with E-state index in [0.717, 1.165) is 5.56 Å². The van der Waals surface area contributed by atoms with E-state index >= 15 is 0 Å². The van der Waals surface area contributed by atoms with Crippen molar-refractivity contribution in [3.63, 3.8) is 0 Å². The molecule has 0 aliphatic rings. The fraction of sp³-hybridized carbons (Fsp3) is 0.0500. The second-order valence-electron chi connectivity index (χ2n) is 6.15. The number of aryl methyl sites for hydroxylation is 1. The lowest BCUT2D eigenvalue weighted by Gasteiger charge is -2.08.